The molecule has 0 aromatic rings. The molecule has 2 heteroatoms. The number of hydrogen-bond acceptors (Lipinski definition) is 2. The Morgan fingerprint density at radius 2 is 2.06 bits per heavy atom. The second kappa shape index (κ2) is 3.83. The zero-order valence-electron chi connectivity index (χ0n) is 11.0. The molecule has 3 atom stereocenters. The van der Waals surface area contributed by atoms with Crippen LogP contribution in [0.5, 0.6) is 0 Å². The molecule has 2 fully saturated rings. The van der Waals surface area contributed by atoms with Gasteiger partial charge in [-0.2, -0.15) is 0 Å². The molecule has 0 heterocycles. The highest BCUT2D eigenvalue weighted by Crippen LogP contribution is 2.66. The highest BCUT2D eigenvalue weighted by atomic mass is 16.5. The van der Waals surface area contributed by atoms with Crippen LogP contribution >= 0.6 is 0 Å². The maximum Gasteiger partial charge on any atom is 0.158 e. The van der Waals surface area contributed by atoms with Gasteiger partial charge in [0.1, 0.15) is 6.61 Å². The van der Waals surface area contributed by atoms with Crippen molar-refractivity contribution < 1.29 is 9.53 Å². The van der Waals surface area contributed by atoms with E-state index in [1.165, 1.54) is 12.8 Å². The number of carbonyl (C=O) groups excluding carboxylic acids is 1. The molecule has 2 saturated carbocycles. The van der Waals surface area contributed by atoms with E-state index in [0.29, 0.717) is 24.5 Å². The number of carbonyl (C=O) groups is 1. The Morgan fingerprint density at radius 1 is 1.38 bits per heavy atom. The minimum atomic E-state index is 0.226. The van der Waals surface area contributed by atoms with E-state index in [1.54, 1.807) is 0 Å². The quantitative estimate of drug-likeness (QED) is 0.733. The van der Waals surface area contributed by atoms with Crippen molar-refractivity contribution in [1.82, 2.24) is 0 Å². The molecule has 2 rings (SSSR count). The van der Waals surface area contributed by atoms with Gasteiger partial charge in [-0.15, -0.1) is 0 Å². The summed E-state index contributed by atoms with van der Waals surface area (Å²) in [5.74, 6) is 1.02. The predicted octanol–water partition coefficient (Wildman–Crippen LogP) is 3.20. The Kier molecular flexibility index (Phi) is 2.90. The molecule has 2 aliphatic carbocycles. The maximum atomic E-state index is 11.3. The Labute approximate surface area is 98.7 Å². The summed E-state index contributed by atoms with van der Waals surface area (Å²) in [7, 11) is 0. The lowest BCUT2D eigenvalue weighted by Crippen LogP contribution is -2.38. The molecular weight excluding hydrogens is 200 g/mol. The summed E-state index contributed by atoms with van der Waals surface area (Å²) in [5.41, 5.74) is 0.665. The number of hydrogen-bond donors (Lipinski definition) is 0. The summed E-state index contributed by atoms with van der Waals surface area (Å²) in [6.07, 6.45) is 4.65. The molecular formula is C14H24O2. The maximum absolute atomic E-state index is 11.3. The summed E-state index contributed by atoms with van der Waals surface area (Å²) < 4.78 is 5.88. The first-order chi connectivity index (χ1) is 7.41. The highest BCUT2D eigenvalue weighted by molar-refractivity contribution is 5.79. The molecule has 3 unspecified atom stereocenters. The van der Waals surface area contributed by atoms with Crippen LogP contribution in [0.15, 0.2) is 0 Å². The van der Waals surface area contributed by atoms with Crippen LogP contribution in [0.25, 0.3) is 0 Å². The average Bonchev–Trinajstić information content (AvgIpc) is 2.58. The van der Waals surface area contributed by atoms with Gasteiger partial charge in [-0.3, -0.25) is 4.79 Å². The van der Waals surface area contributed by atoms with Gasteiger partial charge in [0.05, 0.1) is 6.10 Å². The van der Waals surface area contributed by atoms with Gasteiger partial charge in [0.25, 0.3) is 0 Å². The van der Waals surface area contributed by atoms with Crippen LogP contribution in [0, 0.1) is 16.7 Å². The lowest BCUT2D eigenvalue weighted by atomic mass is 9.70. The molecule has 0 aromatic heterocycles. The van der Waals surface area contributed by atoms with E-state index in [0.717, 1.165) is 12.3 Å². The van der Waals surface area contributed by atoms with E-state index in [2.05, 4.69) is 20.8 Å². The summed E-state index contributed by atoms with van der Waals surface area (Å²) >= 11 is 0. The summed E-state index contributed by atoms with van der Waals surface area (Å²) in [6.45, 7) is 9.31. The second-order valence-corrected chi connectivity index (χ2v) is 6.30. The monoisotopic (exact) mass is 224 g/mol. The van der Waals surface area contributed by atoms with E-state index < -0.39 is 0 Å². The summed E-state index contributed by atoms with van der Waals surface area (Å²) in [5, 5.41) is 0. The Morgan fingerprint density at radius 3 is 2.50 bits per heavy atom. The van der Waals surface area contributed by atoms with Crippen LogP contribution in [-0.2, 0) is 9.53 Å². The topological polar surface area (TPSA) is 26.3 Å². The lowest BCUT2D eigenvalue weighted by molar-refractivity contribution is -0.129. The largest absolute Gasteiger partial charge is 0.370 e. The van der Waals surface area contributed by atoms with E-state index in [9.17, 15) is 4.79 Å². The van der Waals surface area contributed by atoms with Gasteiger partial charge in [0.2, 0.25) is 0 Å². The fourth-order valence-corrected chi connectivity index (χ4v) is 3.68. The van der Waals surface area contributed by atoms with Crippen LogP contribution in [0.1, 0.15) is 53.4 Å². The molecule has 0 amide bonds. The van der Waals surface area contributed by atoms with Gasteiger partial charge < -0.3 is 4.74 Å². The van der Waals surface area contributed by atoms with Gasteiger partial charge in [-0.05, 0) is 36.0 Å². The van der Waals surface area contributed by atoms with Crippen LogP contribution < -0.4 is 0 Å². The molecule has 2 nitrogen and oxygen atoms in total. The highest BCUT2D eigenvalue weighted by Gasteiger charge is 2.61. The van der Waals surface area contributed by atoms with Gasteiger partial charge >= 0.3 is 0 Å². The smallest absolute Gasteiger partial charge is 0.158 e. The molecule has 0 spiro atoms. The molecule has 2 aliphatic rings. The number of rotatable bonds is 4. The third-order valence-electron chi connectivity index (χ3n) is 5.55. The number of ether oxygens (including phenoxy) is 1. The van der Waals surface area contributed by atoms with E-state index >= 15 is 0 Å². The predicted molar refractivity (Wildman–Crippen MR) is 64.3 cm³/mol. The van der Waals surface area contributed by atoms with Crippen LogP contribution in [0.2, 0.25) is 0 Å². The van der Waals surface area contributed by atoms with Gasteiger partial charge in [0, 0.05) is 6.42 Å². The number of fused-ring (bicyclic) bond motifs is 2. The SMILES string of the molecule is CCC(=O)COC1CC2CCC1(C)C2(C)C. The molecule has 0 aliphatic heterocycles. The first kappa shape index (κ1) is 12.1. The fraction of sp³-hybridized carbons (Fsp3) is 0.929. The Bertz CT molecular complexity index is 295. The third-order valence-corrected chi connectivity index (χ3v) is 5.55. The first-order valence-electron chi connectivity index (χ1n) is 6.55. The van der Waals surface area contributed by atoms with Crippen molar-refractivity contribution in [1.29, 1.82) is 0 Å². The molecule has 0 saturated heterocycles. The van der Waals surface area contributed by atoms with Crippen molar-refractivity contribution in [2.75, 3.05) is 6.61 Å². The van der Waals surface area contributed by atoms with Crippen molar-refractivity contribution in [2.24, 2.45) is 16.7 Å². The van der Waals surface area contributed by atoms with E-state index in [-0.39, 0.29) is 11.2 Å². The third kappa shape index (κ3) is 1.54. The summed E-state index contributed by atoms with van der Waals surface area (Å²) in [6, 6.07) is 0. The first-order valence-corrected chi connectivity index (χ1v) is 6.55. The summed E-state index contributed by atoms with van der Waals surface area (Å²) in [4.78, 5) is 11.3. The van der Waals surface area contributed by atoms with E-state index in [1.807, 2.05) is 6.92 Å². The minimum Gasteiger partial charge on any atom is -0.370 e. The van der Waals surface area contributed by atoms with E-state index in [4.69, 9.17) is 4.74 Å². The van der Waals surface area contributed by atoms with Crippen molar-refractivity contribution in [2.45, 2.75) is 59.5 Å². The van der Waals surface area contributed by atoms with Crippen molar-refractivity contribution in [3.8, 4) is 0 Å². The van der Waals surface area contributed by atoms with Crippen molar-refractivity contribution in [3.63, 3.8) is 0 Å². The Hall–Kier alpha value is -0.370. The van der Waals surface area contributed by atoms with Gasteiger partial charge in [-0.25, -0.2) is 0 Å². The van der Waals surface area contributed by atoms with Gasteiger partial charge in [0.15, 0.2) is 5.78 Å². The van der Waals surface area contributed by atoms with Crippen molar-refractivity contribution >= 4 is 5.78 Å². The molecule has 2 bridgehead atoms. The number of ketones is 1. The lowest BCUT2D eigenvalue weighted by Gasteiger charge is -2.38. The number of Topliss-reactive ketones (excluding diaryl/α,β-unsaturated/α-hetero) is 1. The van der Waals surface area contributed by atoms with Crippen LogP contribution in [0.4, 0.5) is 0 Å². The fourth-order valence-electron chi connectivity index (χ4n) is 3.68. The second-order valence-electron chi connectivity index (χ2n) is 6.30. The zero-order valence-corrected chi connectivity index (χ0v) is 11.0. The zero-order chi connectivity index (χ0) is 12.0. The Balaban J connectivity index is 2.02. The molecule has 16 heavy (non-hydrogen) atoms. The molecule has 92 valence electrons. The standard InChI is InChI=1S/C14H24O2/c1-5-11(15)9-16-12-8-10-6-7-14(12,4)13(10,2)3/h10,12H,5-9H2,1-4H3. The average molecular weight is 224 g/mol. The normalized spacial score (nSPS) is 40.2. The van der Waals surface area contributed by atoms with Crippen molar-refractivity contribution in [3.05, 3.63) is 0 Å². The molecule has 0 aromatic carbocycles. The van der Waals surface area contributed by atoms with Crippen LogP contribution in [0.3, 0.4) is 0 Å². The van der Waals surface area contributed by atoms with Gasteiger partial charge in [-0.1, -0.05) is 27.7 Å². The molecule has 0 N–H and O–H groups in total. The minimum absolute atomic E-state index is 0.226. The van der Waals surface area contributed by atoms with Crippen LogP contribution in [-0.4, -0.2) is 18.5 Å². The molecule has 0 radical (unpaired) electrons.